The van der Waals surface area contributed by atoms with E-state index in [0.29, 0.717) is 12.0 Å². The molecule has 1 rings (SSSR count). The smallest absolute Gasteiger partial charge is 0.122 e. The van der Waals surface area contributed by atoms with Crippen molar-refractivity contribution in [2.45, 2.75) is 32.7 Å². The van der Waals surface area contributed by atoms with Gasteiger partial charge >= 0.3 is 0 Å². The van der Waals surface area contributed by atoms with E-state index in [9.17, 15) is 0 Å². The van der Waals surface area contributed by atoms with E-state index in [1.807, 2.05) is 12.1 Å². The minimum atomic E-state index is 0.476. The van der Waals surface area contributed by atoms with Gasteiger partial charge in [-0.1, -0.05) is 39.0 Å². The average Bonchev–Trinajstić information content (AvgIpc) is 2.25. The SMILES string of the molecule is COc1ccccc1C(C)CNC(C)C. The second-order valence-electron chi connectivity index (χ2n) is 4.21. The Morgan fingerprint density at radius 3 is 2.47 bits per heavy atom. The van der Waals surface area contributed by atoms with Gasteiger partial charge < -0.3 is 10.1 Å². The minimum absolute atomic E-state index is 0.476. The van der Waals surface area contributed by atoms with Crippen LogP contribution in [0, 0.1) is 0 Å². The first kappa shape index (κ1) is 12.1. The summed E-state index contributed by atoms with van der Waals surface area (Å²) in [7, 11) is 1.72. The molecule has 0 saturated carbocycles. The summed E-state index contributed by atoms with van der Waals surface area (Å²) >= 11 is 0. The number of methoxy groups -OCH3 is 1. The van der Waals surface area contributed by atoms with E-state index in [-0.39, 0.29) is 0 Å². The topological polar surface area (TPSA) is 21.3 Å². The van der Waals surface area contributed by atoms with Crippen molar-refractivity contribution >= 4 is 0 Å². The molecule has 0 aliphatic heterocycles. The minimum Gasteiger partial charge on any atom is -0.496 e. The van der Waals surface area contributed by atoms with Crippen molar-refractivity contribution in [2.75, 3.05) is 13.7 Å². The second kappa shape index (κ2) is 5.76. The molecule has 0 amide bonds. The lowest BCUT2D eigenvalue weighted by Gasteiger charge is -2.17. The Balaban J connectivity index is 2.68. The fourth-order valence-electron chi connectivity index (χ4n) is 1.60. The number of hydrogen-bond acceptors (Lipinski definition) is 2. The van der Waals surface area contributed by atoms with Crippen LogP contribution >= 0.6 is 0 Å². The molecule has 1 atom stereocenters. The van der Waals surface area contributed by atoms with Crippen LogP contribution < -0.4 is 10.1 Å². The van der Waals surface area contributed by atoms with Crippen molar-refractivity contribution in [3.63, 3.8) is 0 Å². The first-order valence-electron chi connectivity index (χ1n) is 5.51. The van der Waals surface area contributed by atoms with E-state index in [2.05, 4.69) is 38.2 Å². The Labute approximate surface area is 92.6 Å². The predicted molar refractivity (Wildman–Crippen MR) is 64.5 cm³/mol. The fourth-order valence-corrected chi connectivity index (χ4v) is 1.60. The van der Waals surface area contributed by atoms with Gasteiger partial charge in [-0.3, -0.25) is 0 Å². The van der Waals surface area contributed by atoms with Gasteiger partial charge in [-0.05, 0) is 17.5 Å². The summed E-state index contributed by atoms with van der Waals surface area (Å²) in [5.41, 5.74) is 1.27. The number of ether oxygens (including phenoxy) is 1. The molecule has 1 aromatic carbocycles. The van der Waals surface area contributed by atoms with Gasteiger partial charge in [0.15, 0.2) is 0 Å². The molecule has 0 bridgehead atoms. The van der Waals surface area contributed by atoms with E-state index < -0.39 is 0 Å². The van der Waals surface area contributed by atoms with E-state index in [1.165, 1.54) is 5.56 Å². The highest BCUT2D eigenvalue weighted by Crippen LogP contribution is 2.25. The van der Waals surface area contributed by atoms with Crippen LogP contribution in [0.3, 0.4) is 0 Å². The van der Waals surface area contributed by atoms with Crippen LogP contribution in [0.25, 0.3) is 0 Å². The zero-order valence-corrected chi connectivity index (χ0v) is 10.1. The molecular formula is C13H21NO. The maximum Gasteiger partial charge on any atom is 0.122 e. The molecular weight excluding hydrogens is 186 g/mol. The van der Waals surface area contributed by atoms with Crippen LogP contribution in [0.1, 0.15) is 32.3 Å². The van der Waals surface area contributed by atoms with Crippen LogP contribution in [0.4, 0.5) is 0 Å². The van der Waals surface area contributed by atoms with Crippen molar-refractivity contribution in [1.29, 1.82) is 0 Å². The van der Waals surface area contributed by atoms with Crippen LogP contribution in [0.2, 0.25) is 0 Å². The third kappa shape index (κ3) is 3.56. The monoisotopic (exact) mass is 207 g/mol. The zero-order chi connectivity index (χ0) is 11.3. The molecule has 1 N–H and O–H groups in total. The molecule has 0 aromatic heterocycles. The van der Waals surface area contributed by atoms with Gasteiger partial charge in [0.25, 0.3) is 0 Å². The number of benzene rings is 1. The summed E-state index contributed by atoms with van der Waals surface area (Å²) in [6.45, 7) is 7.52. The van der Waals surface area contributed by atoms with E-state index >= 15 is 0 Å². The zero-order valence-electron chi connectivity index (χ0n) is 10.1. The standard InChI is InChI=1S/C13H21NO/c1-10(2)14-9-11(3)12-7-5-6-8-13(12)15-4/h5-8,10-11,14H,9H2,1-4H3. The molecule has 0 aliphatic carbocycles. The molecule has 0 fully saturated rings. The summed E-state index contributed by atoms with van der Waals surface area (Å²) in [5.74, 6) is 1.46. The molecule has 15 heavy (non-hydrogen) atoms. The Bertz CT molecular complexity index is 296. The largest absolute Gasteiger partial charge is 0.496 e. The lowest BCUT2D eigenvalue weighted by atomic mass is 10.00. The van der Waals surface area contributed by atoms with E-state index in [0.717, 1.165) is 12.3 Å². The second-order valence-corrected chi connectivity index (χ2v) is 4.21. The van der Waals surface area contributed by atoms with Crippen LogP contribution in [-0.2, 0) is 0 Å². The highest BCUT2D eigenvalue weighted by molar-refractivity contribution is 5.35. The summed E-state index contributed by atoms with van der Waals surface area (Å²) in [6.07, 6.45) is 0. The molecule has 0 aliphatic rings. The van der Waals surface area contributed by atoms with Gasteiger partial charge in [-0.15, -0.1) is 0 Å². The van der Waals surface area contributed by atoms with Gasteiger partial charge in [0.1, 0.15) is 5.75 Å². The van der Waals surface area contributed by atoms with Crippen LogP contribution in [0.5, 0.6) is 5.75 Å². The normalized spacial score (nSPS) is 12.9. The lowest BCUT2D eigenvalue weighted by Crippen LogP contribution is -2.27. The molecule has 2 heteroatoms. The molecule has 2 nitrogen and oxygen atoms in total. The maximum absolute atomic E-state index is 5.35. The average molecular weight is 207 g/mol. The summed E-state index contributed by atoms with van der Waals surface area (Å²) < 4.78 is 5.35. The van der Waals surface area contributed by atoms with E-state index in [1.54, 1.807) is 7.11 Å². The van der Waals surface area contributed by atoms with Crippen molar-refractivity contribution in [3.05, 3.63) is 29.8 Å². The van der Waals surface area contributed by atoms with Crippen molar-refractivity contribution < 1.29 is 4.74 Å². The highest BCUT2D eigenvalue weighted by atomic mass is 16.5. The quantitative estimate of drug-likeness (QED) is 0.801. The predicted octanol–water partition coefficient (Wildman–Crippen LogP) is 2.80. The first-order chi connectivity index (χ1) is 7.15. The molecule has 1 unspecified atom stereocenters. The fraction of sp³-hybridized carbons (Fsp3) is 0.538. The van der Waals surface area contributed by atoms with Crippen LogP contribution in [0.15, 0.2) is 24.3 Å². The van der Waals surface area contributed by atoms with Gasteiger partial charge in [-0.2, -0.15) is 0 Å². The number of para-hydroxylation sites is 1. The Kier molecular flexibility index (Phi) is 4.63. The third-order valence-corrected chi connectivity index (χ3v) is 2.50. The Morgan fingerprint density at radius 1 is 1.20 bits per heavy atom. The summed E-state index contributed by atoms with van der Waals surface area (Å²) in [5, 5.41) is 3.44. The van der Waals surface area contributed by atoms with E-state index in [4.69, 9.17) is 4.74 Å². The Morgan fingerprint density at radius 2 is 1.87 bits per heavy atom. The summed E-state index contributed by atoms with van der Waals surface area (Å²) in [6, 6.07) is 8.74. The Hall–Kier alpha value is -1.02. The van der Waals surface area contributed by atoms with Crippen molar-refractivity contribution in [3.8, 4) is 5.75 Å². The molecule has 0 spiro atoms. The van der Waals surface area contributed by atoms with Crippen LogP contribution in [-0.4, -0.2) is 19.7 Å². The van der Waals surface area contributed by atoms with Crippen molar-refractivity contribution in [2.24, 2.45) is 0 Å². The molecule has 0 radical (unpaired) electrons. The third-order valence-electron chi connectivity index (χ3n) is 2.50. The molecule has 0 saturated heterocycles. The summed E-state index contributed by atoms with van der Waals surface area (Å²) in [4.78, 5) is 0. The molecule has 0 heterocycles. The molecule has 84 valence electrons. The number of rotatable bonds is 5. The maximum atomic E-state index is 5.35. The lowest BCUT2D eigenvalue weighted by molar-refractivity contribution is 0.404. The van der Waals surface area contributed by atoms with Crippen molar-refractivity contribution in [1.82, 2.24) is 5.32 Å². The van der Waals surface area contributed by atoms with Gasteiger partial charge in [0, 0.05) is 12.6 Å². The molecule has 1 aromatic rings. The van der Waals surface area contributed by atoms with Gasteiger partial charge in [0.05, 0.1) is 7.11 Å². The van der Waals surface area contributed by atoms with Gasteiger partial charge in [-0.25, -0.2) is 0 Å². The number of nitrogens with one attached hydrogen (secondary N) is 1. The number of hydrogen-bond donors (Lipinski definition) is 1. The first-order valence-corrected chi connectivity index (χ1v) is 5.51. The van der Waals surface area contributed by atoms with Gasteiger partial charge in [0.2, 0.25) is 0 Å². The highest BCUT2D eigenvalue weighted by Gasteiger charge is 2.10.